The van der Waals surface area contributed by atoms with Crippen molar-refractivity contribution in [3.63, 3.8) is 0 Å². The maximum absolute atomic E-state index is 12.6. The molecule has 0 aromatic carbocycles. The predicted octanol–water partition coefficient (Wildman–Crippen LogP) is 2.29. The van der Waals surface area contributed by atoms with Crippen molar-refractivity contribution >= 4 is 28.3 Å². The van der Waals surface area contributed by atoms with Gasteiger partial charge in [0.1, 0.15) is 0 Å². The quantitative estimate of drug-likeness (QED) is 0.704. The summed E-state index contributed by atoms with van der Waals surface area (Å²) in [5.41, 5.74) is 0.880. The first-order valence-corrected chi connectivity index (χ1v) is 7.39. The maximum atomic E-state index is 12.6. The van der Waals surface area contributed by atoms with Crippen LogP contribution in [0.25, 0.3) is 11.0 Å². The van der Waals surface area contributed by atoms with Crippen molar-refractivity contribution in [2.45, 2.75) is 13.8 Å². The first kappa shape index (κ1) is 16.4. The van der Waals surface area contributed by atoms with Crippen LogP contribution >= 0.6 is 0 Å². The summed E-state index contributed by atoms with van der Waals surface area (Å²) in [5, 5.41) is 3.07. The summed E-state index contributed by atoms with van der Waals surface area (Å²) >= 11 is 0. The van der Waals surface area contributed by atoms with Crippen LogP contribution in [0.1, 0.15) is 33.4 Å². The molecule has 0 aliphatic rings. The number of nitrogens with zero attached hydrogens (tertiary/aromatic N) is 1. The number of rotatable bonds is 4. The standard InChI is InChI=1S/C17H15N3O5/c1-8-12(4-5-18-15(8)22)20-16(23)11-7-19-17(24-3)14-10(11)6-13(25-14)9(2)21/h4-7H,1-3H3,(H2,18,20,22,23). The van der Waals surface area contributed by atoms with E-state index in [0.717, 1.165) is 0 Å². The lowest BCUT2D eigenvalue weighted by Gasteiger charge is -2.08. The Morgan fingerprint density at radius 2 is 2.12 bits per heavy atom. The Kier molecular flexibility index (Phi) is 4.10. The van der Waals surface area contributed by atoms with Gasteiger partial charge in [0.2, 0.25) is 0 Å². The second kappa shape index (κ2) is 6.23. The van der Waals surface area contributed by atoms with E-state index in [1.807, 2.05) is 0 Å². The number of pyridine rings is 2. The van der Waals surface area contributed by atoms with Crippen molar-refractivity contribution in [3.05, 3.63) is 51.8 Å². The van der Waals surface area contributed by atoms with Crippen LogP contribution in [0.15, 0.2) is 33.7 Å². The molecule has 3 aromatic heterocycles. The molecule has 0 saturated heterocycles. The van der Waals surface area contributed by atoms with Crippen molar-refractivity contribution < 1.29 is 18.7 Å². The number of ether oxygens (including phenoxy) is 1. The molecule has 0 radical (unpaired) electrons. The Labute approximate surface area is 141 Å². The lowest BCUT2D eigenvalue weighted by Crippen LogP contribution is -2.17. The van der Waals surface area contributed by atoms with Gasteiger partial charge >= 0.3 is 0 Å². The van der Waals surface area contributed by atoms with Crippen LogP contribution in [-0.4, -0.2) is 28.8 Å². The molecule has 3 aromatic rings. The molecule has 8 heteroatoms. The van der Waals surface area contributed by atoms with Crippen LogP contribution in [0.4, 0.5) is 5.69 Å². The van der Waals surface area contributed by atoms with Crippen molar-refractivity contribution in [3.8, 4) is 5.88 Å². The Balaban J connectivity index is 2.08. The van der Waals surface area contributed by atoms with Crippen LogP contribution in [0.5, 0.6) is 5.88 Å². The second-order valence-electron chi connectivity index (χ2n) is 5.39. The number of nitrogens with one attached hydrogen (secondary N) is 2. The smallest absolute Gasteiger partial charge is 0.258 e. The largest absolute Gasteiger partial charge is 0.478 e. The molecule has 0 atom stereocenters. The zero-order valence-corrected chi connectivity index (χ0v) is 13.8. The van der Waals surface area contributed by atoms with Crippen LogP contribution in [-0.2, 0) is 0 Å². The number of hydrogen-bond donors (Lipinski definition) is 2. The maximum Gasteiger partial charge on any atom is 0.258 e. The van der Waals surface area contributed by atoms with Gasteiger partial charge in [-0.15, -0.1) is 0 Å². The zero-order valence-electron chi connectivity index (χ0n) is 13.8. The summed E-state index contributed by atoms with van der Waals surface area (Å²) in [6.45, 7) is 2.96. The normalized spacial score (nSPS) is 10.7. The summed E-state index contributed by atoms with van der Waals surface area (Å²) in [7, 11) is 1.41. The Bertz CT molecular complexity index is 1050. The SMILES string of the molecule is COc1ncc(C(=O)Nc2cc[nH]c(=O)c2C)c2cc(C(C)=O)oc12. The highest BCUT2D eigenvalue weighted by molar-refractivity contribution is 6.13. The minimum absolute atomic E-state index is 0.0997. The van der Waals surface area contributed by atoms with Gasteiger partial charge in [0, 0.05) is 30.3 Å². The van der Waals surface area contributed by atoms with E-state index in [9.17, 15) is 14.4 Å². The number of amides is 1. The topological polar surface area (TPSA) is 114 Å². The van der Waals surface area contributed by atoms with Crippen LogP contribution < -0.4 is 15.6 Å². The molecule has 2 N–H and O–H groups in total. The summed E-state index contributed by atoms with van der Waals surface area (Å²) in [6.07, 6.45) is 2.77. The first-order chi connectivity index (χ1) is 11.9. The fraction of sp³-hybridized carbons (Fsp3) is 0.176. The third kappa shape index (κ3) is 2.89. The molecule has 0 spiro atoms. The highest BCUT2D eigenvalue weighted by Gasteiger charge is 2.20. The third-order valence-electron chi connectivity index (χ3n) is 3.77. The number of hydrogen-bond acceptors (Lipinski definition) is 6. The molecule has 0 fully saturated rings. The molecule has 0 aliphatic heterocycles. The number of aromatic amines is 1. The van der Waals surface area contributed by atoms with Crippen molar-refractivity contribution in [1.82, 2.24) is 9.97 Å². The average Bonchev–Trinajstić information content (AvgIpc) is 3.03. The lowest BCUT2D eigenvalue weighted by atomic mass is 10.1. The number of methoxy groups -OCH3 is 1. The number of aromatic nitrogens is 2. The van der Waals surface area contributed by atoms with Gasteiger partial charge in [-0.2, -0.15) is 0 Å². The number of ketones is 1. The molecular formula is C17H15N3O5. The number of fused-ring (bicyclic) bond motifs is 1. The van der Waals surface area contributed by atoms with Gasteiger partial charge in [0.15, 0.2) is 17.1 Å². The number of anilines is 1. The Hall–Kier alpha value is -3.42. The van der Waals surface area contributed by atoms with Crippen molar-refractivity contribution in [2.24, 2.45) is 0 Å². The van der Waals surface area contributed by atoms with Crippen molar-refractivity contribution in [2.75, 3.05) is 12.4 Å². The lowest BCUT2D eigenvalue weighted by molar-refractivity contribution is 0.0987. The minimum atomic E-state index is -0.482. The second-order valence-corrected chi connectivity index (χ2v) is 5.39. The first-order valence-electron chi connectivity index (χ1n) is 7.39. The summed E-state index contributed by atoms with van der Waals surface area (Å²) in [6, 6.07) is 3.06. The predicted molar refractivity (Wildman–Crippen MR) is 90.3 cm³/mol. The van der Waals surface area contributed by atoms with Crippen molar-refractivity contribution in [1.29, 1.82) is 0 Å². The highest BCUT2D eigenvalue weighted by Crippen LogP contribution is 2.30. The van der Waals surface area contributed by atoms with E-state index in [4.69, 9.17) is 9.15 Å². The monoisotopic (exact) mass is 341 g/mol. The summed E-state index contributed by atoms with van der Waals surface area (Å²) in [5.74, 6) is -0.492. The summed E-state index contributed by atoms with van der Waals surface area (Å²) < 4.78 is 10.6. The molecule has 0 aliphatic carbocycles. The number of H-pyrrole nitrogens is 1. The van der Waals surface area contributed by atoms with E-state index in [2.05, 4.69) is 15.3 Å². The van der Waals surface area contributed by atoms with Crippen LogP contribution in [0, 0.1) is 6.92 Å². The van der Waals surface area contributed by atoms with Gasteiger partial charge in [-0.05, 0) is 19.1 Å². The van der Waals surface area contributed by atoms with E-state index in [1.54, 1.807) is 13.0 Å². The fourth-order valence-corrected chi connectivity index (χ4v) is 2.38. The van der Waals surface area contributed by atoms with E-state index in [1.165, 1.54) is 32.5 Å². The molecule has 8 nitrogen and oxygen atoms in total. The molecule has 0 unspecified atom stereocenters. The Morgan fingerprint density at radius 3 is 2.80 bits per heavy atom. The summed E-state index contributed by atoms with van der Waals surface area (Å²) in [4.78, 5) is 42.4. The van der Waals surface area contributed by atoms with E-state index in [-0.39, 0.29) is 34.1 Å². The van der Waals surface area contributed by atoms with Crippen LogP contribution in [0.3, 0.4) is 0 Å². The number of carbonyl (C=O) groups is 2. The molecule has 128 valence electrons. The number of furan rings is 1. The minimum Gasteiger partial charge on any atom is -0.478 e. The van der Waals surface area contributed by atoms with Crippen LogP contribution in [0.2, 0.25) is 0 Å². The van der Waals surface area contributed by atoms with Gasteiger partial charge in [-0.3, -0.25) is 14.4 Å². The fourth-order valence-electron chi connectivity index (χ4n) is 2.38. The van der Waals surface area contributed by atoms with Gasteiger partial charge in [0.05, 0.1) is 18.4 Å². The molecule has 0 bridgehead atoms. The zero-order chi connectivity index (χ0) is 18.1. The van der Waals surface area contributed by atoms with E-state index >= 15 is 0 Å². The van der Waals surface area contributed by atoms with Gasteiger partial charge in [-0.1, -0.05) is 0 Å². The van der Waals surface area contributed by atoms with Gasteiger partial charge < -0.3 is 19.5 Å². The molecule has 3 heterocycles. The molecule has 1 amide bonds. The Morgan fingerprint density at radius 1 is 1.36 bits per heavy atom. The van der Waals surface area contributed by atoms with Gasteiger partial charge in [-0.25, -0.2) is 4.98 Å². The average molecular weight is 341 g/mol. The highest BCUT2D eigenvalue weighted by atomic mass is 16.5. The molecule has 3 rings (SSSR count). The number of Topliss-reactive ketones (excluding diaryl/α,β-unsaturated/α-hetero) is 1. The molecular weight excluding hydrogens is 326 g/mol. The third-order valence-corrected chi connectivity index (χ3v) is 3.77. The molecule has 0 saturated carbocycles. The van der Waals surface area contributed by atoms with Gasteiger partial charge in [0.25, 0.3) is 17.3 Å². The van der Waals surface area contributed by atoms with E-state index in [0.29, 0.717) is 16.6 Å². The number of carbonyl (C=O) groups excluding carboxylic acids is 2. The molecule has 25 heavy (non-hydrogen) atoms. The van der Waals surface area contributed by atoms with E-state index < -0.39 is 5.91 Å².